The van der Waals surface area contributed by atoms with E-state index in [-0.39, 0.29) is 24.1 Å². The van der Waals surface area contributed by atoms with E-state index >= 15 is 0 Å². The molecule has 0 bridgehead atoms. The Labute approximate surface area is 232 Å². The summed E-state index contributed by atoms with van der Waals surface area (Å²) in [5.41, 5.74) is 3.40. The molecule has 39 heavy (non-hydrogen) atoms. The molecule has 2 aromatic carbocycles. The molecule has 4 rings (SSSR count). The van der Waals surface area contributed by atoms with Crippen molar-refractivity contribution in [3.8, 4) is 22.6 Å². The molecule has 6 nitrogen and oxygen atoms in total. The molecule has 0 N–H and O–H groups in total. The molecule has 0 spiro atoms. The van der Waals surface area contributed by atoms with Gasteiger partial charge in [0.2, 0.25) is 0 Å². The van der Waals surface area contributed by atoms with Crippen LogP contribution in [0.15, 0.2) is 72.8 Å². The smallest absolute Gasteiger partial charge is 0.333 e. The fourth-order valence-electron chi connectivity index (χ4n) is 4.93. The molecule has 0 aromatic heterocycles. The molecule has 2 saturated heterocycles. The van der Waals surface area contributed by atoms with Crippen LogP contribution in [0.1, 0.15) is 70.6 Å². The van der Waals surface area contributed by atoms with Crippen molar-refractivity contribution in [1.29, 1.82) is 0 Å². The summed E-state index contributed by atoms with van der Waals surface area (Å²) in [6, 6.07) is 16.2. The first-order valence-corrected chi connectivity index (χ1v) is 14.2. The van der Waals surface area contributed by atoms with Crippen molar-refractivity contribution in [2.24, 2.45) is 0 Å². The fourth-order valence-corrected chi connectivity index (χ4v) is 4.93. The van der Waals surface area contributed by atoms with Gasteiger partial charge in [-0.3, -0.25) is 0 Å². The van der Waals surface area contributed by atoms with Crippen molar-refractivity contribution in [2.45, 2.75) is 82.8 Å². The van der Waals surface area contributed by atoms with Crippen LogP contribution in [0.3, 0.4) is 0 Å². The summed E-state index contributed by atoms with van der Waals surface area (Å²) in [5.74, 6) is 1.18. The summed E-state index contributed by atoms with van der Waals surface area (Å²) < 4.78 is 22.3. The predicted octanol–water partition coefficient (Wildman–Crippen LogP) is 7.37. The standard InChI is InChI=1S/C33H40O6/c1-24-22-30(38-32(24)34)10-8-6-4-3-5-7-9-20-36-28-15-11-26(12-16-28)27-13-17-29(18-14-27)37-21-19-31-23-25(2)33(35)39-31/h11-18,30-31H,1-10,19-23H2. The van der Waals surface area contributed by atoms with Gasteiger partial charge in [-0.1, -0.05) is 69.5 Å². The minimum atomic E-state index is -0.293. The van der Waals surface area contributed by atoms with Gasteiger partial charge in [-0.05, 0) is 54.7 Å². The van der Waals surface area contributed by atoms with Gasteiger partial charge in [0.05, 0.1) is 13.2 Å². The first-order chi connectivity index (χ1) is 19.0. The van der Waals surface area contributed by atoms with Gasteiger partial charge in [0, 0.05) is 30.4 Å². The highest BCUT2D eigenvalue weighted by Crippen LogP contribution is 2.26. The van der Waals surface area contributed by atoms with Crippen LogP contribution < -0.4 is 9.47 Å². The topological polar surface area (TPSA) is 71.1 Å². The minimum Gasteiger partial charge on any atom is -0.494 e. The number of unbranched alkanes of at least 4 members (excludes halogenated alkanes) is 6. The Bertz CT molecular complexity index is 1090. The quantitative estimate of drug-likeness (QED) is 0.128. The lowest BCUT2D eigenvalue weighted by molar-refractivity contribution is -0.140. The average Bonchev–Trinajstić information content (AvgIpc) is 3.44. The van der Waals surface area contributed by atoms with E-state index in [0.29, 0.717) is 37.0 Å². The number of hydrogen-bond acceptors (Lipinski definition) is 6. The fraction of sp³-hybridized carbons (Fsp3) is 0.455. The van der Waals surface area contributed by atoms with E-state index in [1.54, 1.807) is 0 Å². The molecule has 0 saturated carbocycles. The number of cyclic esters (lactones) is 2. The second kappa shape index (κ2) is 14.6. The van der Waals surface area contributed by atoms with Gasteiger partial charge >= 0.3 is 11.9 Å². The second-order valence-corrected chi connectivity index (χ2v) is 10.5. The molecule has 2 atom stereocenters. The lowest BCUT2D eigenvalue weighted by Gasteiger charge is -2.11. The van der Waals surface area contributed by atoms with Crippen LogP contribution in [0.4, 0.5) is 0 Å². The van der Waals surface area contributed by atoms with E-state index in [1.165, 1.54) is 32.1 Å². The Morgan fingerprint density at radius 2 is 1.03 bits per heavy atom. The molecule has 2 unspecified atom stereocenters. The Hall–Kier alpha value is -3.54. The number of rotatable bonds is 16. The number of carbonyl (C=O) groups excluding carboxylic acids is 2. The largest absolute Gasteiger partial charge is 0.494 e. The number of benzene rings is 2. The van der Waals surface area contributed by atoms with Crippen LogP contribution in [0, 0.1) is 0 Å². The third kappa shape index (κ3) is 9.02. The lowest BCUT2D eigenvalue weighted by atomic mass is 10.0. The third-order valence-electron chi connectivity index (χ3n) is 7.26. The molecule has 0 radical (unpaired) electrons. The summed E-state index contributed by atoms with van der Waals surface area (Å²) in [6.45, 7) is 8.67. The van der Waals surface area contributed by atoms with Gasteiger partial charge in [-0.2, -0.15) is 0 Å². The van der Waals surface area contributed by atoms with Crippen molar-refractivity contribution in [3.05, 3.63) is 72.8 Å². The summed E-state index contributed by atoms with van der Waals surface area (Å²) >= 11 is 0. The maximum Gasteiger partial charge on any atom is 0.333 e. The van der Waals surface area contributed by atoms with E-state index in [9.17, 15) is 9.59 Å². The van der Waals surface area contributed by atoms with Crippen molar-refractivity contribution >= 4 is 11.9 Å². The highest BCUT2D eigenvalue weighted by molar-refractivity contribution is 5.90. The van der Waals surface area contributed by atoms with Crippen molar-refractivity contribution in [1.82, 2.24) is 0 Å². The Balaban J connectivity index is 1.03. The zero-order chi connectivity index (χ0) is 27.5. The van der Waals surface area contributed by atoms with Crippen molar-refractivity contribution in [2.75, 3.05) is 13.2 Å². The van der Waals surface area contributed by atoms with Crippen LogP contribution in [0.2, 0.25) is 0 Å². The summed E-state index contributed by atoms with van der Waals surface area (Å²) in [5, 5.41) is 0. The maximum absolute atomic E-state index is 11.4. The van der Waals surface area contributed by atoms with Crippen LogP contribution in [0.25, 0.3) is 11.1 Å². The molecule has 0 aliphatic carbocycles. The minimum absolute atomic E-state index is 0.0565. The van der Waals surface area contributed by atoms with E-state index in [1.807, 2.05) is 36.4 Å². The molecule has 2 aromatic rings. The molecule has 208 valence electrons. The lowest BCUT2D eigenvalue weighted by Crippen LogP contribution is -2.11. The van der Waals surface area contributed by atoms with Crippen molar-refractivity contribution in [3.63, 3.8) is 0 Å². The molecule has 2 fully saturated rings. The van der Waals surface area contributed by atoms with E-state index < -0.39 is 0 Å². The van der Waals surface area contributed by atoms with E-state index in [2.05, 4.69) is 25.3 Å². The van der Waals surface area contributed by atoms with E-state index in [0.717, 1.165) is 48.5 Å². The van der Waals surface area contributed by atoms with Gasteiger partial charge in [-0.15, -0.1) is 0 Å². The monoisotopic (exact) mass is 532 g/mol. The van der Waals surface area contributed by atoms with Crippen LogP contribution >= 0.6 is 0 Å². The molecule has 2 aliphatic heterocycles. The normalized spacial score (nSPS) is 18.8. The van der Waals surface area contributed by atoms with Crippen LogP contribution in [0.5, 0.6) is 11.5 Å². The van der Waals surface area contributed by atoms with E-state index in [4.69, 9.17) is 18.9 Å². The predicted molar refractivity (Wildman–Crippen MR) is 152 cm³/mol. The molecule has 0 amide bonds. The Morgan fingerprint density at radius 1 is 0.590 bits per heavy atom. The molecular formula is C33H40O6. The number of ether oxygens (including phenoxy) is 4. The average molecular weight is 533 g/mol. The van der Waals surface area contributed by atoms with Gasteiger partial charge in [-0.25, -0.2) is 9.59 Å². The van der Waals surface area contributed by atoms with Crippen LogP contribution in [-0.4, -0.2) is 37.4 Å². The molecule has 2 aliphatic rings. The van der Waals surface area contributed by atoms with Gasteiger partial charge in [0.15, 0.2) is 0 Å². The van der Waals surface area contributed by atoms with Crippen LogP contribution in [-0.2, 0) is 19.1 Å². The maximum atomic E-state index is 11.4. The van der Waals surface area contributed by atoms with Crippen molar-refractivity contribution < 1.29 is 28.5 Å². The summed E-state index contributed by atoms with van der Waals surface area (Å²) in [4.78, 5) is 22.7. The number of carbonyl (C=O) groups is 2. The Morgan fingerprint density at radius 3 is 1.51 bits per heavy atom. The number of hydrogen-bond donors (Lipinski definition) is 0. The summed E-state index contributed by atoms with van der Waals surface area (Å²) in [6.07, 6.45) is 11.0. The van der Waals surface area contributed by atoms with Gasteiger partial charge < -0.3 is 18.9 Å². The second-order valence-electron chi connectivity index (χ2n) is 10.5. The SMILES string of the molecule is C=C1CC(CCCCCCCCCOc2ccc(-c3ccc(OCCC4CC(=C)C(=O)O4)cc3)cc2)OC1=O. The first kappa shape index (κ1) is 28.5. The summed E-state index contributed by atoms with van der Waals surface area (Å²) in [7, 11) is 0. The zero-order valence-corrected chi connectivity index (χ0v) is 22.8. The first-order valence-electron chi connectivity index (χ1n) is 14.2. The molecule has 2 heterocycles. The third-order valence-corrected chi connectivity index (χ3v) is 7.26. The highest BCUT2D eigenvalue weighted by atomic mass is 16.6. The molecule has 6 heteroatoms. The van der Waals surface area contributed by atoms with Gasteiger partial charge in [0.1, 0.15) is 23.7 Å². The van der Waals surface area contributed by atoms with Gasteiger partial charge in [0.25, 0.3) is 0 Å². The highest BCUT2D eigenvalue weighted by Gasteiger charge is 2.27. The zero-order valence-electron chi connectivity index (χ0n) is 22.8. The molecular weight excluding hydrogens is 492 g/mol. The number of esters is 2. The Kier molecular flexibility index (Phi) is 10.6.